The van der Waals surface area contributed by atoms with Crippen molar-refractivity contribution < 1.29 is 5.11 Å². The number of thiophene rings is 1. The van der Waals surface area contributed by atoms with Crippen LogP contribution < -0.4 is 5.32 Å². The molecule has 2 aromatic heterocycles. The third kappa shape index (κ3) is 1.48. The van der Waals surface area contributed by atoms with Crippen molar-refractivity contribution in [3.05, 3.63) is 28.9 Å². The van der Waals surface area contributed by atoms with E-state index < -0.39 is 0 Å². The Morgan fingerprint density at radius 1 is 1.56 bits per heavy atom. The maximum Gasteiger partial charge on any atom is 0.150 e. The molecule has 4 nitrogen and oxygen atoms in total. The molecule has 0 amide bonds. The van der Waals surface area contributed by atoms with Crippen molar-refractivity contribution in [1.29, 1.82) is 0 Å². The zero-order chi connectivity index (χ0) is 11.0. The highest BCUT2D eigenvalue weighted by molar-refractivity contribution is 7.13. The van der Waals surface area contributed by atoms with Crippen LogP contribution in [-0.2, 0) is 19.7 Å². The van der Waals surface area contributed by atoms with Gasteiger partial charge in [0, 0.05) is 19.6 Å². The summed E-state index contributed by atoms with van der Waals surface area (Å²) >= 11 is 1.69. The van der Waals surface area contributed by atoms with Crippen LogP contribution in [0.2, 0.25) is 0 Å². The molecule has 84 valence electrons. The molecule has 16 heavy (non-hydrogen) atoms. The number of nitrogens with zero attached hydrogens (tertiary/aromatic N) is 2. The minimum Gasteiger partial charge on any atom is -0.390 e. The van der Waals surface area contributed by atoms with Gasteiger partial charge in [0.25, 0.3) is 0 Å². The maximum absolute atomic E-state index is 9.30. The van der Waals surface area contributed by atoms with Gasteiger partial charge < -0.3 is 15.0 Å². The fourth-order valence-electron chi connectivity index (χ4n) is 2.09. The lowest BCUT2D eigenvalue weighted by Crippen LogP contribution is -2.28. The van der Waals surface area contributed by atoms with Crippen molar-refractivity contribution in [3.8, 4) is 10.7 Å². The molecule has 1 aliphatic heterocycles. The number of nitrogens with one attached hydrogen (secondary N) is 1. The molecule has 0 unspecified atom stereocenters. The van der Waals surface area contributed by atoms with E-state index in [9.17, 15) is 5.11 Å². The summed E-state index contributed by atoms with van der Waals surface area (Å²) in [5.74, 6) is 0.996. The third-order valence-electron chi connectivity index (χ3n) is 2.85. The SMILES string of the molecule is OCc1nc(-c2cccs2)n2c1CNCC2. The third-order valence-corrected chi connectivity index (χ3v) is 3.72. The monoisotopic (exact) mass is 235 g/mol. The van der Waals surface area contributed by atoms with Crippen LogP contribution in [0.15, 0.2) is 17.5 Å². The molecule has 0 bridgehead atoms. The molecule has 5 heteroatoms. The number of hydrogen-bond acceptors (Lipinski definition) is 4. The molecule has 0 aromatic carbocycles. The lowest BCUT2D eigenvalue weighted by Gasteiger charge is -2.18. The summed E-state index contributed by atoms with van der Waals surface area (Å²) in [7, 11) is 0. The number of hydrogen-bond donors (Lipinski definition) is 2. The molecule has 0 saturated heterocycles. The van der Waals surface area contributed by atoms with Crippen molar-refractivity contribution in [2.45, 2.75) is 19.7 Å². The van der Waals surface area contributed by atoms with E-state index in [1.807, 2.05) is 6.07 Å². The Kier molecular flexibility index (Phi) is 2.51. The van der Waals surface area contributed by atoms with E-state index in [1.54, 1.807) is 11.3 Å². The van der Waals surface area contributed by atoms with Crippen LogP contribution in [0, 0.1) is 0 Å². The Bertz CT molecular complexity index is 490. The van der Waals surface area contributed by atoms with Gasteiger partial charge in [-0.05, 0) is 11.4 Å². The topological polar surface area (TPSA) is 50.1 Å². The van der Waals surface area contributed by atoms with Gasteiger partial charge in [0.05, 0.1) is 22.9 Å². The molecule has 0 radical (unpaired) electrons. The van der Waals surface area contributed by atoms with Gasteiger partial charge >= 0.3 is 0 Å². The van der Waals surface area contributed by atoms with E-state index >= 15 is 0 Å². The first kappa shape index (κ1) is 10.0. The van der Waals surface area contributed by atoms with Crippen molar-refractivity contribution in [1.82, 2.24) is 14.9 Å². The summed E-state index contributed by atoms with van der Waals surface area (Å²) in [6.07, 6.45) is 0. The number of rotatable bonds is 2. The lowest BCUT2D eigenvalue weighted by atomic mass is 10.3. The summed E-state index contributed by atoms with van der Waals surface area (Å²) in [4.78, 5) is 5.71. The Labute approximate surface area is 97.6 Å². The van der Waals surface area contributed by atoms with Gasteiger partial charge in [0.15, 0.2) is 5.82 Å². The Hall–Kier alpha value is -1.17. The van der Waals surface area contributed by atoms with Crippen molar-refractivity contribution >= 4 is 11.3 Å². The van der Waals surface area contributed by atoms with E-state index in [1.165, 1.54) is 4.88 Å². The van der Waals surface area contributed by atoms with E-state index in [2.05, 4.69) is 26.3 Å². The van der Waals surface area contributed by atoms with Gasteiger partial charge in [-0.1, -0.05) is 6.07 Å². The van der Waals surface area contributed by atoms with Crippen molar-refractivity contribution in [2.24, 2.45) is 0 Å². The van der Waals surface area contributed by atoms with Crippen LogP contribution in [-0.4, -0.2) is 21.2 Å². The molecule has 3 heterocycles. The van der Waals surface area contributed by atoms with Crippen LogP contribution in [0.5, 0.6) is 0 Å². The molecule has 0 aliphatic carbocycles. The quantitative estimate of drug-likeness (QED) is 0.822. The molecule has 1 aliphatic rings. The molecule has 0 spiro atoms. The first-order valence-corrected chi connectivity index (χ1v) is 6.22. The molecule has 3 rings (SSSR count). The van der Waals surface area contributed by atoms with Crippen LogP contribution in [0.3, 0.4) is 0 Å². The number of aliphatic hydroxyl groups is 1. The first-order chi connectivity index (χ1) is 7.90. The molecule has 2 aromatic rings. The van der Waals surface area contributed by atoms with Crippen LogP contribution in [0.1, 0.15) is 11.4 Å². The zero-order valence-electron chi connectivity index (χ0n) is 8.81. The Morgan fingerprint density at radius 3 is 3.25 bits per heavy atom. The summed E-state index contributed by atoms with van der Waals surface area (Å²) < 4.78 is 2.22. The minimum absolute atomic E-state index is 0.0163. The fraction of sp³-hybridized carbons (Fsp3) is 0.364. The van der Waals surface area contributed by atoms with E-state index in [0.717, 1.165) is 36.8 Å². The average molecular weight is 235 g/mol. The lowest BCUT2D eigenvalue weighted by molar-refractivity contribution is 0.275. The number of imidazole rings is 1. The predicted octanol–water partition coefficient (Wildman–Crippen LogP) is 1.21. The second kappa shape index (κ2) is 4.01. The highest BCUT2D eigenvalue weighted by atomic mass is 32.1. The summed E-state index contributed by atoms with van der Waals surface area (Å²) in [5.41, 5.74) is 1.92. The van der Waals surface area contributed by atoms with Crippen molar-refractivity contribution in [3.63, 3.8) is 0 Å². The predicted molar refractivity (Wildman–Crippen MR) is 63.2 cm³/mol. The second-order valence-electron chi connectivity index (χ2n) is 3.79. The molecular formula is C11H13N3OS. The normalized spacial score (nSPS) is 15.1. The maximum atomic E-state index is 9.30. The van der Waals surface area contributed by atoms with Gasteiger partial charge in [-0.15, -0.1) is 11.3 Å². The molecule has 2 N–H and O–H groups in total. The Balaban J connectivity index is 2.15. The summed E-state index contributed by atoms with van der Waals surface area (Å²) in [6, 6.07) is 4.10. The van der Waals surface area contributed by atoms with E-state index in [-0.39, 0.29) is 6.61 Å². The van der Waals surface area contributed by atoms with Gasteiger partial charge in [-0.2, -0.15) is 0 Å². The van der Waals surface area contributed by atoms with Gasteiger partial charge in [0.1, 0.15) is 0 Å². The van der Waals surface area contributed by atoms with Crippen LogP contribution in [0.25, 0.3) is 10.7 Å². The summed E-state index contributed by atoms with van der Waals surface area (Å²) in [6.45, 7) is 2.71. The van der Waals surface area contributed by atoms with Crippen LogP contribution in [0.4, 0.5) is 0 Å². The van der Waals surface area contributed by atoms with Gasteiger partial charge in [-0.25, -0.2) is 4.98 Å². The standard InChI is InChI=1S/C11H13N3OS/c15-7-8-9-6-12-3-4-14(9)11(13-8)10-2-1-5-16-10/h1-2,5,12,15H,3-4,6-7H2. The molecule has 0 atom stereocenters. The highest BCUT2D eigenvalue weighted by Gasteiger charge is 2.20. The molecule has 0 fully saturated rings. The first-order valence-electron chi connectivity index (χ1n) is 5.34. The molecule has 0 saturated carbocycles. The second-order valence-corrected chi connectivity index (χ2v) is 4.74. The highest BCUT2D eigenvalue weighted by Crippen LogP contribution is 2.27. The average Bonchev–Trinajstić information content (AvgIpc) is 2.95. The molecular weight excluding hydrogens is 222 g/mol. The van der Waals surface area contributed by atoms with E-state index in [0.29, 0.717) is 0 Å². The van der Waals surface area contributed by atoms with Gasteiger partial charge in [-0.3, -0.25) is 0 Å². The number of aliphatic hydroxyl groups excluding tert-OH is 1. The van der Waals surface area contributed by atoms with Gasteiger partial charge in [0.2, 0.25) is 0 Å². The van der Waals surface area contributed by atoms with E-state index in [4.69, 9.17) is 0 Å². The number of fused-ring (bicyclic) bond motifs is 1. The summed E-state index contributed by atoms with van der Waals surface area (Å²) in [5, 5.41) is 14.7. The zero-order valence-corrected chi connectivity index (χ0v) is 9.63. The smallest absolute Gasteiger partial charge is 0.150 e. The largest absolute Gasteiger partial charge is 0.390 e. The van der Waals surface area contributed by atoms with Crippen LogP contribution >= 0.6 is 11.3 Å². The minimum atomic E-state index is 0.0163. The Morgan fingerprint density at radius 2 is 2.50 bits per heavy atom. The number of aromatic nitrogens is 2. The fourth-order valence-corrected chi connectivity index (χ4v) is 2.81. The van der Waals surface area contributed by atoms with Crippen molar-refractivity contribution in [2.75, 3.05) is 6.54 Å².